The van der Waals surface area contributed by atoms with E-state index in [1.807, 2.05) is 19.1 Å². The number of pyridine rings is 1. The van der Waals surface area contributed by atoms with Gasteiger partial charge in [0.1, 0.15) is 17.6 Å². The Morgan fingerprint density at radius 1 is 1.18 bits per heavy atom. The Morgan fingerprint density at radius 3 is 2.59 bits per heavy atom. The van der Waals surface area contributed by atoms with Gasteiger partial charge in [0.05, 0.1) is 6.54 Å². The summed E-state index contributed by atoms with van der Waals surface area (Å²) in [4.78, 5) is 13.2. The van der Waals surface area contributed by atoms with E-state index in [0.717, 1.165) is 43.4 Å². The lowest BCUT2D eigenvalue weighted by molar-refractivity contribution is 0.239. The van der Waals surface area contributed by atoms with E-state index in [9.17, 15) is 0 Å². The van der Waals surface area contributed by atoms with Crippen LogP contribution < -0.4 is 4.90 Å². The first-order chi connectivity index (χ1) is 10.7. The van der Waals surface area contributed by atoms with E-state index in [1.54, 1.807) is 6.92 Å². The van der Waals surface area contributed by atoms with Gasteiger partial charge in [-0.05, 0) is 18.6 Å². The van der Waals surface area contributed by atoms with E-state index in [2.05, 4.69) is 31.0 Å². The van der Waals surface area contributed by atoms with Crippen LogP contribution in [-0.4, -0.2) is 46.2 Å². The highest BCUT2D eigenvalue weighted by Gasteiger charge is 2.20. The molecule has 7 heteroatoms. The van der Waals surface area contributed by atoms with Crippen molar-refractivity contribution >= 4 is 5.82 Å². The van der Waals surface area contributed by atoms with Gasteiger partial charge in [0.2, 0.25) is 5.89 Å². The molecule has 114 valence electrons. The van der Waals surface area contributed by atoms with Crippen LogP contribution in [0.4, 0.5) is 5.82 Å². The van der Waals surface area contributed by atoms with Crippen LogP contribution in [0.3, 0.4) is 0 Å². The summed E-state index contributed by atoms with van der Waals surface area (Å²) in [6.07, 6.45) is 0. The van der Waals surface area contributed by atoms with E-state index < -0.39 is 0 Å². The molecular formula is C15H18N6O. The molecule has 22 heavy (non-hydrogen) atoms. The van der Waals surface area contributed by atoms with Crippen molar-refractivity contribution < 1.29 is 4.52 Å². The maximum absolute atomic E-state index is 9.09. The van der Waals surface area contributed by atoms with Crippen LogP contribution >= 0.6 is 0 Å². The number of hydrogen-bond acceptors (Lipinski definition) is 7. The molecule has 0 amide bonds. The van der Waals surface area contributed by atoms with Gasteiger partial charge in [-0.25, -0.2) is 4.98 Å². The molecule has 1 aliphatic rings. The number of rotatable bonds is 3. The van der Waals surface area contributed by atoms with Gasteiger partial charge in [-0.2, -0.15) is 10.2 Å². The highest BCUT2D eigenvalue weighted by Crippen LogP contribution is 2.17. The summed E-state index contributed by atoms with van der Waals surface area (Å²) in [7, 11) is 0. The zero-order chi connectivity index (χ0) is 15.5. The van der Waals surface area contributed by atoms with E-state index in [4.69, 9.17) is 9.78 Å². The van der Waals surface area contributed by atoms with Crippen molar-refractivity contribution in [2.24, 2.45) is 0 Å². The third kappa shape index (κ3) is 3.07. The SMILES string of the molecule is Cc1nc(CN2CCN(c3ccc(C)c(C#N)n3)CC2)no1. The Kier molecular flexibility index (Phi) is 4.02. The van der Waals surface area contributed by atoms with E-state index in [1.165, 1.54) is 0 Å². The first-order valence-corrected chi connectivity index (χ1v) is 7.30. The second-order valence-corrected chi connectivity index (χ2v) is 5.44. The number of aryl methyl sites for hydroxylation is 2. The normalized spacial score (nSPS) is 15.8. The van der Waals surface area contributed by atoms with E-state index in [0.29, 0.717) is 18.1 Å². The summed E-state index contributed by atoms with van der Waals surface area (Å²) < 4.78 is 4.99. The Morgan fingerprint density at radius 2 is 1.95 bits per heavy atom. The topological polar surface area (TPSA) is 82.1 Å². The first-order valence-electron chi connectivity index (χ1n) is 7.30. The molecule has 2 aromatic heterocycles. The van der Waals surface area contributed by atoms with Gasteiger partial charge in [0.25, 0.3) is 0 Å². The number of hydrogen-bond donors (Lipinski definition) is 0. The standard InChI is InChI=1S/C15H18N6O/c1-11-3-4-15(18-13(11)9-16)21-7-5-20(6-8-21)10-14-17-12(2)22-19-14/h3-4H,5-8,10H2,1-2H3. The van der Waals surface area contributed by atoms with E-state index >= 15 is 0 Å². The molecule has 0 bridgehead atoms. The molecule has 0 spiro atoms. The molecule has 3 heterocycles. The fourth-order valence-electron chi connectivity index (χ4n) is 2.55. The van der Waals surface area contributed by atoms with Gasteiger partial charge >= 0.3 is 0 Å². The molecule has 1 saturated heterocycles. The van der Waals surface area contributed by atoms with Crippen LogP contribution in [0.2, 0.25) is 0 Å². The molecular weight excluding hydrogens is 280 g/mol. The fraction of sp³-hybridized carbons (Fsp3) is 0.467. The van der Waals surface area contributed by atoms with Crippen LogP contribution in [0.25, 0.3) is 0 Å². The minimum absolute atomic E-state index is 0.502. The smallest absolute Gasteiger partial charge is 0.223 e. The van der Waals surface area contributed by atoms with Crippen LogP contribution in [0.5, 0.6) is 0 Å². The highest BCUT2D eigenvalue weighted by atomic mass is 16.5. The van der Waals surface area contributed by atoms with Crippen LogP contribution in [0, 0.1) is 25.2 Å². The Balaban J connectivity index is 1.61. The van der Waals surface area contributed by atoms with Gasteiger partial charge in [0.15, 0.2) is 5.82 Å². The van der Waals surface area contributed by atoms with Gasteiger partial charge < -0.3 is 9.42 Å². The molecule has 3 rings (SSSR count). The molecule has 1 fully saturated rings. The summed E-state index contributed by atoms with van der Waals surface area (Å²) in [5.41, 5.74) is 1.42. The Hall–Kier alpha value is -2.46. The van der Waals surface area contributed by atoms with E-state index in [-0.39, 0.29) is 0 Å². The van der Waals surface area contributed by atoms with Gasteiger partial charge in [0, 0.05) is 33.1 Å². The molecule has 0 unspecified atom stereocenters. The molecule has 0 atom stereocenters. The summed E-state index contributed by atoms with van der Waals surface area (Å²) in [5.74, 6) is 2.20. The average molecular weight is 298 g/mol. The average Bonchev–Trinajstić information content (AvgIpc) is 2.94. The Bertz CT molecular complexity index is 696. The lowest BCUT2D eigenvalue weighted by Crippen LogP contribution is -2.46. The van der Waals surface area contributed by atoms with Crippen molar-refractivity contribution in [3.05, 3.63) is 35.1 Å². The minimum Gasteiger partial charge on any atom is -0.354 e. The van der Waals surface area contributed by atoms with Crippen molar-refractivity contribution in [2.75, 3.05) is 31.1 Å². The second-order valence-electron chi connectivity index (χ2n) is 5.44. The van der Waals surface area contributed by atoms with Crippen LogP contribution in [0.1, 0.15) is 23.0 Å². The van der Waals surface area contributed by atoms with Gasteiger partial charge in [-0.1, -0.05) is 11.2 Å². The van der Waals surface area contributed by atoms with Crippen LogP contribution in [-0.2, 0) is 6.54 Å². The summed E-state index contributed by atoms with van der Waals surface area (Å²) >= 11 is 0. The maximum Gasteiger partial charge on any atom is 0.223 e. The van der Waals surface area contributed by atoms with Crippen molar-refractivity contribution in [2.45, 2.75) is 20.4 Å². The zero-order valence-corrected chi connectivity index (χ0v) is 12.8. The fourth-order valence-corrected chi connectivity index (χ4v) is 2.55. The number of aromatic nitrogens is 3. The van der Waals surface area contributed by atoms with Gasteiger partial charge in [-0.3, -0.25) is 4.90 Å². The minimum atomic E-state index is 0.502. The lowest BCUT2D eigenvalue weighted by atomic mass is 10.2. The molecule has 1 aliphatic heterocycles. The summed E-state index contributed by atoms with van der Waals surface area (Å²) in [5, 5.41) is 13.0. The molecule has 2 aromatic rings. The number of anilines is 1. The zero-order valence-electron chi connectivity index (χ0n) is 12.8. The number of nitrogens with zero attached hydrogens (tertiary/aromatic N) is 6. The van der Waals surface area contributed by atoms with Gasteiger partial charge in [-0.15, -0.1) is 0 Å². The van der Waals surface area contributed by atoms with Crippen LogP contribution in [0.15, 0.2) is 16.7 Å². The highest BCUT2D eigenvalue weighted by molar-refractivity contribution is 5.45. The largest absolute Gasteiger partial charge is 0.354 e. The lowest BCUT2D eigenvalue weighted by Gasteiger charge is -2.34. The summed E-state index contributed by atoms with van der Waals surface area (Å²) in [6.45, 7) is 7.96. The van der Waals surface area contributed by atoms with Crippen molar-refractivity contribution in [3.63, 3.8) is 0 Å². The predicted octanol–water partition coefficient (Wildman–Crippen LogP) is 1.28. The number of nitriles is 1. The molecule has 0 saturated carbocycles. The predicted molar refractivity (Wildman–Crippen MR) is 80.2 cm³/mol. The molecule has 0 radical (unpaired) electrons. The second kappa shape index (κ2) is 6.12. The maximum atomic E-state index is 9.09. The molecule has 0 aliphatic carbocycles. The number of piperazine rings is 1. The third-order valence-corrected chi connectivity index (χ3v) is 3.82. The summed E-state index contributed by atoms with van der Waals surface area (Å²) in [6, 6.07) is 6.08. The van der Waals surface area contributed by atoms with Crippen molar-refractivity contribution in [1.82, 2.24) is 20.0 Å². The molecule has 7 nitrogen and oxygen atoms in total. The monoisotopic (exact) mass is 298 g/mol. The third-order valence-electron chi connectivity index (χ3n) is 3.82. The van der Waals surface area contributed by atoms with Crippen molar-refractivity contribution in [1.29, 1.82) is 5.26 Å². The first kappa shape index (κ1) is 14.5. The molecule has 0 aromatic carbocycles. The Labute approximate surface area is 129 Å². The molecule has 0 N–H and O–H groups in total. The van der Waals surface area contributed by atoms with Crippen molar-refractivity contribution in [3.8, 4) is 6.07 Å². The quantitative estimate of drug-likeness (QED) is 0.844.